The molecule has 1 unspecified atom stereocenters. The number of hydrogen-bond acceptors (Lipinski definition) is 4. The molecule has 1 atom stereocenters. The van der Waals surface area contributed by atoms with Crippen molar-refractivity contribution in [3.05, 3.63) is 100 Å². The summed E-state index contributed by atoms with van der Waals surface area (Å²) in [5.41, 5.74) is 0.760. The van der Waals surface area contributed by atoms with Gasteiger partial charge >= 0.3 is 0 Å². The zero-order valence-electron chi connectivity index (χ0n) is 18.3. The summed E-state index contributed by atoms with van der Waals surface area (Å²) in [7, 11) is 2.02. The molecule has 0 radical (unpaired) electrons. The third-order valence-corrected chi connectivity index (χ3v) is 5.76. The van der Waals surface area contributed by atoms with Gasteiger partial charge in [-0.25, -0.2) is 4.39 Å². The number of rotatable bonds is 5. The molecule has 0 aliphatic carbocycles. The Morgan fingerprint density at radius 2 is 1.73 bits per heavy atom. The van der Waals surface area contributed by atoms with Crippen molar-refractivity contribution in [3.63, 3.8) is 0 Å². The Hall–Kier alpha value is -3.78. The number of amides is 2. The van der Waals surface area contributed by atoms with E-state index in [1.54, 1.807) is 11.0 Å². The van der Waals surface area contributed by atoms with Crippen LogP contribution in [-0.4, -0.2) is 52.9 Å². The Labute approximate surface area is 191 Å². The number of nitrogens with zero attached hydrogens (tertiary/aromatic N) is 3. The molecule has 2 heterocycles. The molecule has 2 amide bonds. The summed E-state index contributed by atoms with van der Waals surface area (Å²) < 4.78 is 14.3. The highest BCUT2D eigenvalue weighted by molar-refractivity contribution is 6.04. The van der Waals surface area contributed by atoms with Crippen molar-refractivity contribution in [1.29, 1.82) is 0 Å². The minimum Gasteiger partial charge on any atom is -0.332 e. The molecule has 2 aromatic carbocycles. The summed E-state index contributed by atoms with van der Waals surface area (Å²) in [6, 6.07) is 17.9. The Bertz CT molecular complexity index is 1190. The largest absolute Gasteiger partial charge is 0.332 e. The molecule has 1 aliphatic heterocycles. The lowest BCUT2D eigenvalue weighted by Gasteiger charge is -2.40. The van der Waals surface area contributed by atoms with E-state index in [1.165, 1.54) is 41.1 Å². The zero-order valence-corrected chi connectivity index (χ0v) is 18.3. The minimum absolute atomic E-state index is 0.0902. The Morgan fingerprint density at radius 1 is 1.00 bits per heavy atom. The number of hydrogen-bond donors (Lipinski definition) is 1. The number of carbonyl (C=O) groups excluding carboxylic acids is 2. The van der Waals surface area contributed by atoms with Gasteiger partial charge in [-0.05, 0) is 49.0 Å². The van der Waals surface area contributed by atoms with Crippen LogP contribution < -0.4 is 10.9 Å². The van der Waals surface area contributed by atoms with Crippen molar-refractivity contribution >= 4 is 17.5 Å². The number of likely N-dealkylation sites (N-methyl/N-ethyl adjacent to an activating group) is 1. The van der Waals surface area contributed by atoms with E-state index < -0.39 is 17.3 Å². The highest BCUT2D eigenvalue weighted by Gasteiger charge is 2.30. The van der Waals surface area contributed by atoms with E-state index in [-0.39, 0.29) is 24.1 Å². The van der Waals surface area contributed by atoms with Crippen LogP contribution in [0.1, 0.15) is 22.0 Å². The van der Waals surface area contributed by atoms with Crippen molar-refractivity contribution in [1.82, 2.24) is 14.4 Å². The minimum atomic E-state index is -0.616. The normalized spacial score (nSPS) is 16.4. The molecule has 7 nitrogen and oxygen atoms in total. The van der Waals surface area contributed by atoms with Gasteiger partial charge in [-0.15, -0.1) is 0 Å². The van der Waals surface area contributed by atoms with Gasteiger partial charge < -0.3 is 19.7 Å². The van der Waals surface area contributed by atoms with Crippen molar-refractivity contribution in [3.8, 4) is 0 Å². The van der Waals surface area contributed by atoms with Gasteiger partial charge in [0.1, 0.15) is 17.9 Å². The van der Waals surface area contributed by atoms with Crippen LogP contribution in [0.15, 0.2) is 77.7 Å². The molecule has 0 bridgehead atoms. The molecule has 0 spiro atoms. The average Bonchev–Trinajstić information content (AvgIpc) is 2.82. The number of halogens is 1. The standard InChI is InChI=1S/C25H25FN4O3/c1-28-14-15-30(22(16-28)18-6-3-2-4-7-18)23(31)17-29-13-5-8-21(25(29)33)24(32)27-20-11-9-19(26)10-12-20/h2-13,22H,14-17H2,1H3,(H,27,32). The fraction of sp³-hybridized carbons (Fsp3) is 0.240. The predicted octanol–water partition coefficient (Wildman–Crippen LogP) is 2.76. The average molecular weight is 448 g/mol. The first-order chi connectivity index (χ1) is 15.9. The molecule has 1 aromatic heterocycles. The molecular formula is C25H25FN4O3. The lowest BCUT2D eigenvalue weighted by molar-refractivity contribution is -0.136. The van der Waals surface area contributed by atoms with Gasteiger partial charge in [0, 0.05) is 31.5 Å². The highest BCUT2D eigenvalue weighted by atomic mass is 19.1. The van der Waals surface area contributed by atoms with Gasteiger partial charge in [-0.3, -0.25) is 14.4 Å². The first kappa shape index (κ1) is 22.4. The first-order valence-corrected chi connectivity index (χ1v) is 10.7. The van der Waals surface area contributed by atoms with Gasteiger partial charge in [0.25, 0.3) is 11.5 Å². The van der Waals surface area contributed by atoms with Crippen LogP contribution in [0.2, 0.25) is 0 Å². The molecule has 0 saturated carbocycles. The van der Waals surface area contributed by atoms with Crippen LogP contribution in [0, 0.1) is 5.82 Å². The number of nitrogens with one attached hydrogen (secondary N) is 1. The smallest absolute Gasteiger partial charge is 0.263 e. The molecule has 3 aromatic rings. The molecule has 33 heavy (non-hydrogen) atoms. The number of pyridine rings is 1. The summed E-state index contributed by atoms with van der Waals surface area (Å²) in [5, 5.41) is 2.58. The van der Waals surface area contributed by atoms with Crippen LogP contribution in [0.5, 0.6) is 0 Å². The summed E-state index contributed by atoms with van der Waals surface area (Å²) in [6.45, 7) is 1.83. The first-order valence-electron chi connectivity index (χ1n) is 10.7. The molecule has 8 heteroatoms. The van der Waals surface area contributed by atoms with Crippen LogP contribution >= 0.6 is 0 Å². The summed E-state index contributed by atoms with van der Waals surface area (Å²) >= 11 is 0. The molecule has 170 valence electrons. The molecule has 1 saturated heterocycles. The Kier molecular flexibility index (Phi) is 6.65. The highest BCUT2D eigenvalue weighted by Crippen LogP contribution is 2.25. The van der Waals surface area contributed by atoms with E-state index in [0.717, 1.165) is 12.1 Å². The number of benzene rings is 2. The number of aromatic nitrogens is 1. The summed E-state index contributed by atoms with van der Waals surface area (Å²) in [4.78, 5) is 42.8. The molecule has 1 N–H and O–H groups in total. The quantitative estimate of drug-likeness (QED) is 0.652. The maximum atomic E-state index is 13.2. The van der Waals surface area contributed by atoms with Crippen LogP contribution in [-0.2, 0) is 11.3 Å². The van der Waals surface area contributed by atoms with Gasteiger partial charge in [-0.1, -0.05) is 30.3 Å². The molecular weight excluding hydrogens is 423 g/mol. The summed E-state index contributed by atoms with van der Waals surface area (Å²) in [6.07, 6.45) is 1.50. The third-order valence-electron chi connectivity index (χ3n) is 5.76. The van der Waals surface area contributed by atoms with Crippen LogP contribution in [0.3, 0.4) is 0 Å². The van der Waals surface area contributed by atoms with E-state index >= 15 is 0 Å². The van der Waals surface area contributed by atoms with Gasteiger partial charge in [-0.2, -0.15) is 0 Å². The number of anilines is 1. The second-order valence-electron chi connectivity index (χ2n) is 8.09. The lowest BCUT2D eigenvalue weighted by atomic mass is 10.0. The second kappa shape index (κ2) is 9.79. The van der Waals surface area contributed by atoms with Crippen molar-refractivity contribution in [2.75, 3.05) is 32.0 Å². The molecule has 4 rings (SSSR count). The van der Waals surface area contributed by atoms with Gasteiger partial charge in [0.2, 0.25) is 5.91 Å². The molecule has 1 aliphatic rings. The van der Waals surface area contributed by atoms with E-state index in [2.05, 4.69) is 10.2 Å². The van der Waals surface area contributed by atoms with E-state index in [9.17, 15) is 18.8 Å². The zero-order chi connectivity index (χ0) is 23.4. The maximum absolute atomic E-state index is 13.2. The lowest BCUT2D eigenvalue weighted by Crippen LogP contribution is -2.50. The fourth-order valence-electron chi connectivity index (χ4n) is 3.98. The van der Waals surface area contributed by atoms with E-state index in [4.69, 9.17) is 0 Å². The Balaban J connectivity index is 1.52. The van der Waals surface area contributed by atoms with Crippen molar-refractivity contribution < 1.29 is 14.0 Å². The van der Waals surface area contributed by atoms with E-state index in [0.29, 0.717) is 18.8 Å². The number of carbonyl (C=O) groups is 2. The predicted molar refractivity (Wildman–Crippen MR) is 123 cm³/mol. The summed E-state index contributed by atoms with van der Waals surface area (Å²) in [5.74, 6) is -1.23. The SMILES string of the molecule is CN1CCN(C(=O)Cn2cccc(C(=O)Nc3ccc(F)cc3)c2=O)C(c2ccccc2)C1. The number of piperazine rings is 1. The van der Waals surface area contributed by atoms with Crippen LogP contribution in [0.25, 0.3) is 0 Å². The monoisotopic (exact) mass is 448 g/mol. The Morgan fingerprint density at radius 3 is 2.45 bits per heavy atom. The van der Waals surface area contributed by atoms with Gasteiger partial charge in [0.15, 0.2) is 0 Å². The fourth-order valence-corrected chi connectivity index (χ4v) is 3.98. The topological polar surface area (TPSA) is 74.7 Å². The second-order valence-corrected chi connectivity index (χ2v) is 8.09. The van der Waals surface area contributed by atoms with Crippen molar-refractivity contribution in [2.45, 2.75) is 12.6 Å². The third kappa shape index (κ3) is 5.18. The van der Waals surface area contributed by atoms with Crippen molar-refractivity contribution in [2.24, 2.45) is 0 Å². The van der Waals surface area contributed by atoms with Crippen LogP contribution in [0.4, 0.5) is 10.1 Å². The maximum Gasteiger partial charge on any atom is 0.263 e. The van der Waals surface area contributed by atoms with Gasteiger partial charge in [0.05, 0.1) is 6.04 Å². The molecule has 1 fully saturated rings. The van der Waals surface area contributed by atoms with E-state index in [1.807, 2.05) is 37.4 Å².